The van der Waals surface area contributed by atoms with E-state index >= 15 is 0 Å². The van der Waals surface area contributed by atoms with E-state index in [0.29, 0.717) is 11.6 Å². The van der Waals surface area contributed by atoms with Gasteiger partial charge in [0, 0.05) is 22.6 Å². The molecule has 0 radical (unpaired) electrons. The number of rotatable bonds is 5. The van der Waals surface area contributed by atoms with Crippen LogP contribution in [-0.2, 0) is 16.4 Å². The van der Waals surface area contributed by atoms with Crippen molar-refractivity contribution in [3.63, 3.8) is 0 Å². The van der Waals surface area contributed by atoms with Crippen LogP contribution < -0.4 is 10.6 Å². The number of nitrogens with two attached hydrogens (primary N) is 1. The first-order valence-corrected chi connectivity index (χ1v) is 12.6. The molecule has 0 aliphatic carbocycles. The number of para-hydroxylation sites is 1. The molecule has 9 heteroatoms. The van der Waals surface area contributed by atoms with Gasteiger partial charge in [0.25, 0.3) is 0 Å². The lowest BCUT2D eigenvalue weighted by Crippen LogP contribution is -2.34. The van der Waals surface area contributed by atoms with Gasteiger partial charge in [-0.25, -0.2) is 13.2 Å². The highest BCUT2D eigenvalue weighted by atomic mass is 32.2. The highest BCUT2D eigenvalue weighted by Crippen LogP contribution is 2.49. The highest BCUT2D eigenvalue weighted by molar-refractivity contribution is 7.99. The second-order valence-electron chi connectivity index (χ2n) is 7.66. The lowest BCUT2D eigenvalue weighted by molar-refractivity contribution is -0.0709. The predicted octanol–water partition coefficient (Wildman–Crippen LogP) is 4.72. The first kappa shape index (κ1) is 22.2. The third-order valence-corrected chi connectivity index (χ3v) is 7.68. The molecule has 7 nitrogen and oxygen atoms in total. The van der Waals surface area contributed by atoms with Crippen molar-refractivity contribution in [3.05, 3.63) is 77.9 Å². The summed E-state index contributed by atoms with van der Waals surface area (Å²) in [6.45, 7) is 2.22. The van der Waals surface area contributed by atoms with Gasteiger partial charge in [0.1, 0.15) is 0 Å². The predicted molar refractivity (Wildman–Crippen MR) is 124 cm³/mol. The Morgan fingerprint density at radius 1 is 1.06 bits per heavy atom. The number of urea groups is 1. The van der Waals surface area contributed by atoms with Gasteiger partial charge in [-0.05, 0) is 54.4 Å². The molecule has 4 rings (SSSR count). The van der Waals surface area contributed by atoms with E-state index in [1.54, 1.807) is 30.8 Å². The molecule has 0 fully saturated rings. The summed E-state index contributed by atoms with van der Waals surface area (Å²) in [7, 11) is -3.26. The molecule has 0 spiro atoms. The van der Waals surface area contributed by atoms with E-state index in [4.69, 9.17) is 5.73 Å². The Morgan fingerprint density at radius 3 is 2.38 bits per heavy atom. The van der Waals surface area contributed by atoms with Gasteiger partial charge in [0.2, 0.25) is 0 Å². The van der Waals surface area contributed by atoms with Crippen LogP contribution in [0.1, 0.15) is 24.1 Å². The summed E-state index contributed by atoms with van der Waals surface area (Å²) in [6, 6.07) is 19.2. The maximum Gasteiger partial charge on any atom is 0.339 e. The average Bonchev–Trinajstić information content (AvgIpc) is 2.77. The standard InChI is InChI=1S/C23H23N3O4S2/c1-15(26(28)23(24)27)17-9-12-22-20(13-17)25(19-5-3-4-6-21(19)31-22)14-16-7-10-18(11-8-16)32(2,29)30/h3-13,15,28H,14H2,1-2H3,(H2,24,27). The molecule has 1 aliphatic heterocycles. The fourth-order valence-electron chi connectivity index (χ4n) is 3.63. The fraction of sp³-hybridized carbons (Fsp3) is 0.174. The minimum Gasteiger partial charge on any atom is -0.350 e. The van der Waals surface area contributed by atoms with Crippen molar-refractivity contribution in [2.45, 2.75) is 34.2 Å². The maximum atomic E-state index is 11.8. The van der Waals surface area contributed by atoms with E-state index in [-0.39, 0.29) is 4.90 Å². The van der Waals surface area contributed by atoms with Crippen LogP contribution in [0.2, 0.25) is 0 Å². The lowest BCUT2D eigenvalue weighted by Gasteiger charge is -2.34. The number of hydrogen-bond donors (Lipinski definition) is 2. The summed E-state index contributed by atoms with van der Waals surface area (Å²) in [6.07, 6.45) is 1.19. The minimum atomic E-state index is -3.26. The fourth-order valence-corrected chi connectivity index (χ4v) is 5.34. The van der Waals surface area contributed by atoms with Crippen molar-refractivity contribution in [2.75, 3.05) is 11.2 Å². The molecule has 3 N–H and O–H groups in total. The van der Waals surface area contributed by atoms with Crippen LogP contribution in [-0.4, -0.2) is 31.0 Å². The molecular weight excluding hydrogens is 446 g/mol. The second kappa shape index (κ2) is 8.50. The monoisotopic (exact) mass is 469 g/mol. The molecule has 1 atom stereocenters. The Kier molecular flexibility index (Phi) is 5.89. The maximum absolute atomic E-state index is 11.8. The third kappa shape index (κ3) is 4.32. The normalized spacial score (nSPS) is 13.8. The van der Waals surface area contributed by atoms with Gasteiger partial charge < -0.3 is 10.6 Å². The summed E-state index contributed by atoms with van der Waals surface area (Å²) < 4.78 is 23.6. The lowest BCUT2D eigenvalue weighted by atomic mass is 10.1. The van der Waals surface area contributed by atoms with Crippen molar-refractivity contribution < 1.29 is 18.4 Å². The molecule has 0 saturated carbocycles. The van der Waals surface area contributed by atoms with E-state index in [1.165, 1.54) is 6.26 Å². The van der Waals surface area contributed by atoms with Crippen LogP contribution in [0.25, 0.3) is 0 Å². The number of fused-ring (bicyclic) bond motifs is 2. The van der Waals surface area contributed by atoms with Gasteiger partial charge in [-0.3, -0.25) is 5.21 Å². The number of carbonyl (C=O) groups is 1. The summed E-state index contributed by atoms with van der Waals surface area (Å²) in [5.74, 6) is 0. The van der Waals surface area contributed by atoms with Crippen molar-refractivity contribution in [3.8, 4) is 0 Å². The molecule has 0 aromatic heterocycles. The summed E-state index contributed by atoms with van der Waals surface area (Å²) >= 11 is 1.65. The van der Waals surface area contributed by atoms with Crippen molar-refractivity contribution in [2.24, 2.45) is 5.73 Å². The van der Waals surface area contributed by atoms with Gasteiger partial charge in [0.05, 0.1) is 22.3 Å². The van der Waals surface area contributed by atoms with Crippen LogP contribution in [0.15, 0.2) is 81.4 Å². The smallest absolute Gasteiger partial charge is 0.339 e. The SMILES string of the molecule is CC(c1ccc2c(c1)N(Cc1ccc(S(C)(=O)=O)cc1)c1ccccc1S2)N(O)C(N)=O. The summed E-state index contributed by atoms with van der Waals surface area (Å²) in [4.78, 5) is 16.0. The number of primary amides is 1. The van der Waals surface area contributed by atoms with Crippen molar-refractivity contribution >= 4 is 39.0 Å². The number of amides is 2. The van der Waals surface area contributed by atoms with Crippen molar-refractivity contribution in [1.29, 1.82) is 0 Å². The molecule has 3 aromatic carbocycles. The molecule has 1 aliphatic rings. The largest absolute Gasteiger partial charge is 0.350 e. The van der Waals surface area contributed by atoms with E-state index < -0.39 is 21.9 Å². The van der Waals surface area contributed by atoms with Gasteiger partial charge in [0.15, 0.2) is 9.84 Å². The minimum absolute atomic E-state index is 0.279. The molecule has 3 aromatic rings. The molecule has 0 saturated heterocycles. The highest BCUT2D eigenvalue weighted by Gasteiger charge is 2.26. The average molecular weight is 470 g/mol. The Balaban J connectivity index is 1.75. The quantitative estimate of drug-likeness (QED) is 0.414. The Labute approximate surface area is 191 Å². The Hall–Kier alpha value is -3.01. The molecule has 0 bridgehead atoms. The third-order valence-electron chi connectivity index (χ3n) is 5.42. The second-order valence-corrected chi connectivity index (χ2v) is 10.8. The summed E-state index contributed by atoms with van der Waals surface area (Å²) in [5, 5.41) is 10.5. The van der Waals surface area contributed by atoms with E-state index in [9.17, 15) is 18.4 Å². The number of anilines is 2. The number of nitrogens with zero attached hydrogens (tertiary/aromatic N) is 2. The van der Waals surface area contributed by atoms with E-state index in [0.717, 1.165) is 32.3 Å². The zero-order valence-electron chi connectivity index (χ0n) is 17.6. The Morgan fingerprint density at radius 2 is 1.72 bits per heavy atom. The van der Waals surface area contributed by atoms with Gasteiger partial charge in [-0.2, -0.15) is 5.06 Å². The van der Waals surface area contributed by atoms with Crippen LogP contribution >= 0.6 is 11.8 Å². The van der Waals surface area contributed by atoms with Crippen LogP contribution in [0.3, 0.4) is 0 Å². The molecular formula is C23H23N3O4S2. The summed E-state index contributed by atoms with van der Waals surface area (Å²) in [5.41, 5.74) is 8.87. The molecule has 1 unspecified atom stereocenters. The zero-order valence-corrected chi connectivity index (χ0v) is 19.2. The van der Waals surface area contributed by atoms with Crippen molar-refractivity contribution in [1.82, 2.24) is 5.06 Å². The Bertz CT molecular complexity index is 1280. The molecule has 1 heterocycles. The van der Waals surface area contributed by atoms with Gasteiger partial charge >= 0.3 is 6.03 Å². The molecule has 32 heavy (non-hydrogen) atoms. The topological polar surface area (TPSA) is 104 Å². The number of hydrogen-bond acceptors (Lipinski definition) is 6. The van der Waals surface area contributed by atoms with Gasteiger partial charge in [-0.15, -0.1) is 0 Å². The molecule has 166 valence electrons. The van der Waals surface area contributed by atoms with Crippen LogP contribution in [0, 0.1) is 0 Å². The number of hydroxylamine groups is 2. The number of carbonyl (C=O) groups excluding carboxylic acids is 1. The van der Waals surface area contributed by atoms with E-state index in [2.05, 4.69) is 11.0 Å². The molecule has 2 amide bonds. The van der Waals surface area contributed by atoms with Crippen LogP contribution in [0.5, 0.6) is 0 Å². The van der Waals surface area contributed by atoms with Crippen LogP contribution in [0.4, 0.5) is 16.2 Å². The van der Waals surface area contributed by atoms with Gasteiger partial charge in [-0.1, -0.05) is 42.1 Å². The zero-order chi connectivity index (χ0) is 23.0. The number of benzene rings is 3. The number of sulfone groups is 1. The van der Waals surface area contributed by atoms with E-state index in [1.807, 2.05) is 48.5 Å². The first-order chi connectivity index (χ1) is 15.1. The first-order valence-electron chi connectivity index (χ1n) is 9.90.